The Morgan fingerprint density at radius 1 is 1.11 bits per heavy atom. The SMILES string of the molecule is O=c1[nH]c2cnc(Nc3ccc(F)cc3F)cc2[nH]1. The Bertz CT molecular complexity index is 809. The topological polar surface area (TPSA) is 73.6 Å². The molecule has 0 radical (unpaired) electrons. The first-order valence-electron chi connectivity index (χ1n) is 5.42. The number of fused-ring (bicyclic) bond motifs is 1. The predicted octanol–water partition coefficient (Wildman–Crippen LogP) is 2.27. The molecule has 0 aliphatic carbocycles. The maximum absolute atomic E-state index is 13.5. The van der Waals surface area contributed by atoms with Gasteiger partial charge in [0.2, 0.25) is 0 Å². The van der Waals surface area contributed by atoms with Gasteiger partial charge in [0.05, 0.1) is 22.9 Å². The number of halogens is 2. The molecular weight excluding hydrogens is 254 g/mol. The van der Waals surface area contributed by atoms with Crippen molar-refractivity contribution in [3.8, 4) is 0 Å². The van der Waals surface area contributed by atoms with Crippen molar-refractivity contribution < 1.29 is 8.78 Å². The number of H-pyrrole nitrogens is 2. The van der Waals surface area contributed by atoms with Crippen LogP contribution in [0.1, 0.15) is 0 Å². The van der Waals surface area contributed by atoms with E-state index in [0.717, 1.165) is 12.1 Å². The zero-order valence-electron chi connectivity index (χ0n) is 9.50. The van der Waals surface area contributed by atoms with Crippen LogP contribution in [0.15, 0.2) is 35.3 Å². The first kappa shape index (κ1) is 11.4. The molecule has 0 unspecified atom stereocenters. The number of pyridine rings is 1. The lowest BCUT2D eigenvalue weighted by atomic mass is 10.3. The normalized spacial score (nSPS) is 10.8. The number of imidazole rings is 1. The van der Waals surface area contributed by atoms with Gasteiger partial charge in [0.15, 0.2) is 0 Å². The number of aromatic nitrogens is 3. The fourth-order valence-corrected chi connectivity index (χ4v) is 1.73. The van der Waals surface area contributed by atoms with Crippen LogP contribution < -0.4 is 11.0 Å². The standard InChI is InChI=1S/C12H8F2N4O/c13-6-1-2-8(7(14)3-6)16-11-4-9-10(5-15-11)18-12(19)17-9/h1-5H,(H,15,16)(H2,17,18,19). The van der Waals surface area contributed by atoms with Crippen molar-refractivity contribution in [2.24, 2.45) is 0 Å². The summed E-state index contributed by atoms with van der Waals surface area (Å²) in [5.74, 6) is -1.03. The van der Waals surface area contributed by atoms with E-state index in [-0.39, 0.29) is 11.4 Å². The molecule has 3 rings (SSSR count). The van der Waals surface area contributed by atoms with Gasteiger partial charge in [0, 0.05) is 12.1 Å². The highest BCUT2D eigenvalue weighted by Crippen LogP contribution is 2.20. The van der Waals surface area contributed by atoms with Gasteiger partial charge in [-0.25, -0.2) is 18.6 Å². The minimum Gasteiger partial charge on any atom is -0.338 e. The van der Waals surface area contributed by atoms with E-state index in [1.807, 2.05) is 0 Å². The molecule has 7 heteroatoms. The molecule has 19 heavy (non-hydrogen) atoms. The van der Waals surface area contributed by atoms with Gasteiger partial charge in [-0.15, -0.1) is 0 Å². The molecule has 0 bridgehead atoms. The monoisotopic (exact) mass is 262 g/mol. The van der Waals surface area contributed by atoms with Crippen LogP contribution in [0.2, 0.25) is 0 Å². The molecule has 0 fully saturated rings. The van der Waals surface area contributed by atoms with Crippen molar-refractivity contribution in [1.82, 2.24) is 15.0 Å². The number of nitrogens with zero attached hydrogens (tertiary/aromatic N) is 1. The number of aromatic amines is 2. The molecule has 2 heterocycles. The molecule has 0 spiro atoms. The largest absolute Gasteiger partial charge is 0.338 e. The lowest BCUT2D eigenvalue weighted by molar-refractivity contribution is 0.586. The van der Waals surface area contributed by atoms with Crippen molar-refractivity contribution in [1.29, 1.82) is 0 Å². The number of anilines is 2. The van der Waals surface area contributed by atoms with Gasteiger partial charge < -0.3 is 15.3 Å². The van der Waals surface area contributed by atoms with Crippen molar-refractivity contribution in [3.63, 3.8) is 0 Å². The van der Waals surface area contributed by atoms with E-state index in [2.05, 4.69) is 20.3 Å². The summed E-state index contributed by atoms with van der Waals surface area (Å²) in [6, 6.07) is 4.74. The number of hydrogen-bond donors (Lipinski definition) is 3. The molecule has 0 saturated carbocycles. The molecule has 0 saturated heterocycles. The van der Waals surface area contributed by atoms with Crippen LogP contribution in [0.3, 0.4) is 0 Å². The van der Waals surface area contributed by atoms with Gasteiger partial charge in [-0.2, -0.15) is 0 Å². The van der Waals surface area contributed by atoms with E-state index in [1.165, 1.54) is 12.3 Å². The predicted molar refractivity (Wildman–Crippen MR) is 66.4 cm³/mol. The minimum absolute atomic E-state index is 0.103. The Labute approximate surface area is 105 Å². The maximum Gasteiger partial charge on any atom is 0.323 e. The lowest BCUT2D eigenvalue weighted by Gasteiger charge is -2.06. The van der Waals surface area contributed by atoms with Crippen molar-refractivity contribution >= 4 is 22.5 Å². The summed E-state index contributed by atoms with van der Waals surface area (Å²) in [5, 5.41) is 2.71. The van der Waals surface area contributed by atoms with Crippen molar-refractivity contribution in [2.45, 2.75) is 0 Å². The van der Waals surface area contributed by atoms with Gasteiger partial charge in [0.25, 0.3) is 0 Å². The Morgan fingerprint density at radius 2 is 1.89 bits per heavy atom. The van der Waals surface area contributed by atoms with E-state index in [4.69, 9.17) is 0 Å². The first-order chi connectivity index (χ1) is 9.11. The first-order valence-corrected chi connectivity index (χ1v) is 5.42. The Balaban J connectivity index is 1.98. The average molecular weight is 262 g/mol. The zero-order chi connectivity index (χ0) is 13.4. The smallest absolute Gasteiger partial charge is 0.323 e. The van der Waals surface area contributed by atoms with Crippen LogP contribution in [-0.2, 0) is 0 Å². The lowest BCUT2D eigenvalue weighted by Crippen LogP contribution is -1.99. The molecule has 2 aromatic heterocycles. The van der Waals surface area contributed by atoms with Crippen LogP contribution in [-0.4, -0.2) is 15.0 Å². The Hall–Kier alpha value is -2.70. The number of nitrogens with one attached hydrogen (secondary N) is 3. The van der Waals surface area contributed by atoms with Crippen molar-refractivity contribution in [3.05, 3.63) is 52.6 Å². The summed E-state index contributed by atoms with van der Waals surface area (Å²) >= 11 is 0. The third-order valence-electron chi connectivity index (χ3n) is 2.59. The van der Waals surface area contributed by atoms with Crippen LogP contribution in [0, 0.1) is 11.6 Å². The maximum atomic E-state index is 13.5. The number of rotatable bonds is 2. The molecule has 0 amide bonds. The van der Waals surface area contributed by atoms with E-state index in [0.29, 0.717) is 16.9 Å². The van der Waals surface area contributed by atoms with Crippen molar-refractivity contribution in [2.75, 3.05) is 5.32 Å². The van der Waals surface area contributed by atoms with E-state index >= 15 is 0 Å². The summed E-state index contributed by atoms with van der Waals surface area (Å²) < 4.78 is 26.2. The quantitative estimate of drug-likeness (QED) is 0.663. The fourth-order valence-electron chi connectivity index (χ4n) is 1.73. The van der Waals surface area contributed by atoms with Gasteiger partial charge in [-0.1, -0.05) is 0 Å². The van der Waals surface area contributed by atoms with Gasteiger partial charge in [0.1, 0.15) is 17.5 Å². The van der Waals surface area contributed by atoms with Crippen LogP contribution in [0.4, 0.5) is 20.3 Å². The summed E-state index contributed by atoms with van der Waals surface area (Å²) in [4.78, 5) is 20.2. The second-order valence-electron chi connectivity index (χ2n) is 3.94. The van der Waals surface area contributed by atoms with Crippen LogP contribution in [0.5, 0.6) is 0 Å². The summed E-state index contributed by atoms with van der Waals surface area (Å²) in [6.45, 7) is 0. The van der Waals surface area contributed by atoms with Crippen LogP contribution in [0.25, 0.3) is 11.0 Å². The fraction of sp³-hybridized carbons (Fsp3) is 0. The van der Waals surface area contributed by atoms with Gasteiger partial charge in [-0.3, -0.25) is 0 Å². The van der Waals surface area contributed by atoms with E-state index < -0.39 is 11.6 Å². The van der Waals surface area contributed by atoms with E-state index in [1.54, 1.807) is 6.07 Å². The third-order valence-corrected chi connectivity index (χ3v) is 2.59. The molecule has 96 valence electrons. The molecule has 1 aromatic carbocycles. The molecular formula is C12H8F2N4O. The third kappa shape index (κ3) is 2.17. The molecule has 5 nitrogen and oxygen atoms in total. The highest BCUT2D eigenvalue weighted by molar-refractivity contribution is 5.77. The molecule has 3 N–H and O–H groups in total. The molecule has 0 aliphatic heterocycles. The second kappa shape index (κ2) is 4.20. The highest BCUT2D eigenvalue weighted by Gasteiger charge is 2.06. The Kier molecular flexibility index (Phi) is 2.52. The number of hydrogen-bond acceptors (Lipinski definition) is 3. The van der Waals surface area contributed by atoms with E-state index in [9.17, 15) is 13.6 Å². The molecule has 3 aromatic rings. The molecule has 0 atom stereocenters. The summed E-state index contributed by atoms with van der Waals surface area (Å²) in [5.41, 5.74) is 0.855. The zero-order valence-corrected chi connectivity index (χ0v) is 9.50. The molecule has 0 aliphatic rings. The average Bonchev–Trinajstić information content (AvgIpc) is 2.72. The van der Waals surface area contributed by atoms with Gasteiger partial charge >= 0.3 is 5.69 Å². The highest BCUT2D eigenvalue weighted by atomic mass is 19.1. The summed E-state index contributed by atoms with van der Waals surface area (Å²) in [6.07, 6.45) is 1.44. The second-order valence-corrected chi connectivity index (χ2v) is 3.94. The van der Waals surface area contributed by atoms with Crippen LogP contribution >= 0.6 is 0 Å². The minimum atomic E-state index is -0.718. The summed E-state index contributed by atoms with van der Waals surface area (Å²) in [7, 11) is 0. The van der Waals surface area contributed by atoms with Gasteiger partial charge in [-0.05, 0) is 12.1 Å². The number of benzene rings is 1. The Morgan fingerprint density at radius 3 is 2.68 bits per heavy atom.